The second kappa shape index (κ2) is 7.99. The van der Waals surface area contributed by atoms with Crippen LogP contribution in [0.1, 0.15) is 50.7 Å². The number of nitrogens with zero attached hydrogens (tertiary/aromatic N) is 6. The molecule has 0 atom stereocenters. The summed E-state index contributed by atoms with van der Waals surface area (Å²) >= 11 is 0. The Hall–Kier alpha value is -3.21. The number of unbranched alkanes of at least 4 members (excludes halogenated alkanes) is 1. The summed E-state index contributed by atoms with van der Waals surface area (Å²) in [6.45, 7) is 6.37. The molecule has 3 aromatic rings. The predicted octanol–water partition coefficient (Wildman–Crippen LogP) is 2.85. The van der Waals surface area contributed by atoms with E-state index in [4.69, 9.17) is 15.5 Å². The molecule has 0 saturated heterocycles. The molecule has 0 fully saturated rings. The lowest BCUT2D eigenvalue weighted by molar-refractivity contribution is 0.232. The Morgan fingerprint density at radius 1 is 1.33 bits per heavy atom. The number of hydrogen-bond donors (Lipinski definition) is 1. The SMILES string of the molecule is CCCCc1nc2c(N)nnc(OC(C)C)c2n1Cc1ncccc1C#N. The number of pyridine rings is 1. The zero-order valence-electron chi connectivity index (χ0n) is 15.8. The second-order valence-corrected chi connectivity index (χ2v) is 6.58. The Morgan fingerprint density at radius 2 is 2.15 bits per heavy atom. The van der Waals surface area contributed by atoms with Crippen LogP contribution in [0.15, 0.2) is 18.3 Å². The minimum atomic E-state index is -0.0712. The van der Waals surface area contributed by atoms with Crippen LogP contribution in [0.3, 0.4) is 0 Å². The van der Waals surface area contributed by atoms with Crippen molar-refractivity contribution in [2.75, 3.05) is 5.73 Å². The van der Waals surface area contributed by atoms with E-state index in [1.807, 2.05) is 18.4 Å². The molecule has 2 N–H and O–H groups in total. The zero-order valence-corrected chi connectivity index (χ0v) is 15.8. The standard InChI is InChI=1S/C19H23N7O/c1-4-5-8-15-23-16-17(19(27-12(2)3)25-24-18(16)21)26(15)11-14-13(10-20)7-6-9-22-14/h6-7,9,12H,4-5,8,11H2,1-3H3,(H2,21,24). The van der Waals surface area contributed by atoms with Crippen LogP contribution < -0.4 is 10.5 Å². The van der Waals surface area contributed by atoms with Crippen molar-refractivity contribution in [3.63, 3.8) is 0 Å². The van der Waals surface area contributed by atoms with Crippen molar-refractivity contribution in [3.05, 3.63) is 35.4 Å². The first-order chi connectivity index (χ1) is 13.0. The molecular formula is C19H23N7O. The molecule has 0 aliphatic rings. The van der Waals surface area contributed by atoms with E-state index >= 15 is 0 Å². The number of nitriles is 1. The number of nitrogen functional groups attached to an aromatic ring is 1. The van der Waals surface area contributed by atoms with E-state index in [1.165, 1.54) is 0 Å². The van der Waals surface area contributed by atoms with E-state index in [0.717, 1.165) is 25.1 Å². The van der Waals surface area contributed by atoms with Gasteiger partial charge in [-0.3, -0.25) is 4.98 Å². The van der Waals surface area contributed by atoms with Gasteiger partial charge in [0.05, 0.1) is 23.9 Å². The summed E-state index contributed by atoms with van der Waals surface area (Å²) in [5.74, 6) is 1.51. The molecule has 0 aliphatic carbocycles. The van der Waals surface area contributed by atoms with Gasteiger partial charge in [-0.2, -0.15) is 5.26 Å². The van der Waals surface area contributed by atoms with Gasteiger partial charge in [0.15, 0.2) is 5.82 Å². The highest BCUT2D eigenvalue weighted by atomic mass is 16.5. The van der Waals surface area contributed by atoms with Crippen molar-refractivity contribution in [2.45, 2.75) is 52.7 Å². The number of aryl methyl sites for hydroxylation is 1. The third-order valence-electron chi connectivity index (χ3n) is 4.16. The van der Waals surface area contributed by atoms with Crippen molar-refractivity contribution >= 4 is 16.9 Å². The topological polar surface area (TPSA) is 116 Å². The van der Waals surface area contributed by atoms with Gasteiger partial charge in [-0.15, -0.1) is 10.2 Å². The van der Waals surface area contributed by atoms with Crippen LogP contribution in [0.5, 0.6) is 5.88 Å². The van der Waals surface area contributed by atoms with Crippen molar-refractivity contribution in [1.29, 1.82) is 5.26 Å². The number of imidazole rings is 1. The maximum absolute atomic E-state index is 9.41. The van der Waals surface area contributed by atoms with Crippen molar-refractivity contribution < 1.29 is 4.74 Å². The van der Waals surface area contributed by atoms with Gasteiger partial charge in [-0.25, -0.2) is 4.98 Å². The highest BCUT2D eigenvalue weighted by molar-refractivity contribution is 5.88. The van der Waals surface area contributed by atoms with Gasteiger partial charge in [-0.1, -0.05) is 13.3 Å². The van der Waals surface area contributed by atoms with E-state index in [1.54, 1.807) is 18.3 Å². The summed E-state index contributed by atoms with van der Waals surface area (Å²) in [4.78, 5) is 9.10. The normalized spacial score (nSPS) is 11.1. The minimum absolute atomic E-state index is 0.0712. The van der Waals surface area contributed by atoms with Gasteiger partial charge < -0.3 is 15.0 Å². The van der Waals surface area contributed by atoms with Crippen molar-refractivity contribution in [1.82, 2.24) is 24.7 Å². The minimum Gasteiger partial charge on any atom is -0.472 e. The smallest absolute Gasteiger partial charge is 0.260 e. The Bertz CT molecular complexity index is 988. The molecule has 0 saturated carbocycles. The van der Waals surface area contributed by atoms with Crippen molar-refractivity contribution in [3.8, 4) is 11.9 Å². The Morgan fingerprint density at radius 3 is 2.85 bits per heavy atom. The molecule has 8 nitrogen and oxygen atoms in total. The molecule has 0 spiro atoms. The average molecular weight is 365 g/mol. The van der Waals surface area contributed by atoms with E-state index in [-0.39, 0.29) is 11.9 Å². The highest BCUT2D eigenvalue weighted by Crippen LogP contribution is 2.29. The van der Waals surface area contributed by atoms with Gasteiger partial charge in [0.2, 0.25) is 0 Å². The third-order valence-corrected chi connectivity index (χ3v) is 4.16. The molecular weight excluding hydrogens is 342 g/mol. The quantitative estimate of drug-likeness (QED) is 0.684. The Labute approximate surface area is 158 Å². The van der Waals surface area contributed by atoms with Crippen LogP contribution >= 0.6 is 0 Å². The number of hydrogen-bond acceptors (Lipinski definition) is 7. The van der Waals surface area contributed by atoms with Crippen molar-refractivity contribution in [2.24, 2.45) is 0 Å². The van der Waals surface area contributed by atoms with Gasteiger partial charge in [0.25, 0.3) is 5.88 Å². The van der Waals surface area contributed by atoms with E-state index in [2.05, 4.69) is 28.2 Å². The van der Waals surface area contributed by atoms with E-state index < -0.39 is 0 Å². The average Bonchev–Trinajstić information content (AvgIpc) is 3.02. The second-order valence-electron chi connectivity index (χ2n) is 6.58. The first kappa shape index (κ1) is 18.6. The van der Waals surface area contributed by atoms with Gasteiger partial charge >= 0.3 is 0 Å². The largest absolute Gasteiger partial charge is 0.472 e. The summed E-state index contributed by atoms with van der Waals surface area (Å²) in [6, 6.07) is 5.71. The van der Waals surface area contributed by atoms with E-state index in [9.17, 15) is 5.26 Å². The van der Waals surface area contributed by atoms with E-state index in [0.29, 0.717) is 34.7 Å². The summed E-state index contributed by atoms with van der Waals surface area (Å²) in [5.41, 5.74) is 8.50. The van der Waals surface area contributed by atoms with Gasteiger partial charge in [-0.05, 0) is 32.4 Å². The molecule has 3 heterocycles. The maximum Gasteiger partial charge on any atom is 0.260 e. The number of aromatic nitrogens is 5. The lowest BCUT2D eigenvalue weighted by Gasteiger charge is -2.13. The zero-order chi connectivity index (χ0) is 19.4. The van der Waals surface area contributed by atoms with Crippen LogP contribution in [-0.4, -0.2) is 30.8 Å². The lowest BCUT2D eigenvalue weighted by Crippen LogP contribution is -2.12. The number of fused-ring (bicyclic) bond motifs is 1. The number of rotatable bonds is 7. The molecule has 27 heavy (non-hydrogen) atoms. The van der Waals surface area contributed by atoms with Crippen LogP contribution in [0.4, 0.5) is 5.82 Å². The fraction of sp³-hybridized carbons (Fsp3) is 0.421. The third kappa shape index (κ3) is 3.82. The molecule has 0 unspecified atom stereocenters. The fourth-order valence-corrected chi connectivity index (χ4v) is 2.90. The molecule has 3 rings (SSSR count). The molecule has 0 bridgehead atoms. The maximum atomic E-state index is 9.41. The number of ether oxygens (including phenoxy) is 1. The van der Waals surface area contributed by atoms with Crippen LogP contribution in [0.25, 0.3) is 11.0 Å². The molecule has 0 radical (unpaired) electrons. The van der Waals surface area contributed by atoms with Gasteiger partial charge in [0, 0.05) is 12.6 Å². The summed E-state index contributed by atoms with van der Waals surface area (Å²) in [5, 5.41) is 17.5. The van der Waals surface area contributed by atoms with Crippen LogP contribution in [-0.2, 0) is 13.0 Å². The number of anilines is 1. The lowest BCUT2D eigenvalue weighted by atomic mass is 10.2. The Balaban J connectivity index is 2.20. The molecule has 0 aliphatic heterocycles. The van der Waals surface area contributed by atoms with Crippen LogP contribution in [0, 0.1) is 11.3 Å². The predicted molar refractivity (Wildman–Crippen MR) is 102 cm³/mol. The first-order valence-corrected chi connectivity index (χ1v) is 9.07. The molecule has 8 heteroatoms. The number of nitrogens with two attached hydrogens (primary N) is 1. The molecule has 3 aromatic heterocycles. The summed E-state index contributed by atoms with van der Waals surface area (Å²) < 4.78 is 7.86. The highest BCUT2D eigenvalue weighted by Gasteiger charge is 2.21. The molecule has 0 aromatic carbocycles. The molecule has 0 amide bonds. The summed E-state index contributed by atoms with van der Waals surface area (Å²) in [7, 11) is 0. The summed E-state index contributed by atoms with van der Waals surface area (Å²) in [6.07, 6.45) is 4.41. The van der Waals surface area contributed by atoms with Crippen LogP contribution in [0.2, 0.25) is 0 Å². The molecule has 140 valence electrons. The Kier molecular flexibility index (Phi) is 5.50. The van der Waals surface area contributed by atoms with Gasteiger partial charge in [0.1, 0.15) is 22.9 Å². The monoisotopic (exact) mass is 365 g/mol. The fourth-order valence-electron chi connectivity index (χ4n) is 2.90. The first-order valence-electron chi connectivity index (χ1n) is 9.07.